The number of aromatic carboxylic acids is 1. The molecule has 1 N–H and O–H groups in total. The highest BCUT2D eigenvalue weighted by Crippen LogP contribution is 2.26. The molecule has 0 radical (unpaired) electrons. The molecule has 0 bridgehead atoms. The lowest BCUT2D eigenvalue weighted by atomic mass is 10.4. The Morgan fingerprint density at radius 2 is 2.20 bits per heavy atom. The first-order chi connectivity index (χ1) is 9.58. The fraction of sp³-hybridized carbons (Fsp3) is 0.583. The number of nitrogens with zero attached hydrogens (tertiary/aromatic N) is 2. The van der Waals surface area contributed by atoms with Crippen LogP contribution in [0.15, 0.2) is 12.1 Å². The van der Waals surface area contributed by atoms with Gasteiger partial charge in [0.25, 0.3) is 0 Å². The maximum Gasteiger partial charge on any atom is 0.345 e. The molecule has 1 aliphatic rings. The zero-order chi connectivity index (χ0) is 14.5. The first-order valence-electron chi connectivity index (χ1n) is 6.32. The molecule has 2 heterocycles. The fourth-order valence-electron chi connectivity index (χ4n) is 2.00. The van der Waals surface area contributed by atoms with Crippen LogP contribution in [-0.2, 0) is 15.7 Å². The van der Waals surface area contributed by atoms with Gasteiger partial charge in [-0.05, 0) is 12.1 Å². The Hall–Kier alpha value is -0.960. The molecule has 0 amide bonds. The second-order valence-electron chi connectivity index (χ2n) is 4.42. The molecule has 0 spiro atoms. The third-order valence-corrected chi connectivity index (χ3v) is 5.29. The molecule has 1 saturated heterocycles. The van der Waals surface area contributed by atoms with Gasteiger partial charge in [0.1, 0.15) is 20.9 Å². The molecule has 1 fully saturated rings. The number of ether oxygens (including phenoxy) is 1. The molecule has 1 aliphatic heterocycles. The smallest absolute Gasteiger partial charge is 0.345 e. The van der Waals surface area contributed by atoms with E-state index in [-0.39, 0.29) is 4.88 Å². The summed E-state index contributed by atoms with van der Waals surface area (Å²) < 4.78 is 18.9. The van der Waals surface area contributed by atoms with Crippen molar-refractivity contribution in [1.29, 1.82) is 0 Å². The van der Waals surface area contributed by atoms with Crippen molar-refractivity contribution in [2.24, 2.45) is 0 Å². The number of morpholine rings is 1. The Morgan fingerprint density at radius 3 is 2.75 bits per heavy atom. The van der Waals surface area contributed by atoms with Gasteiger partial charge in [-0.15, -0.1) is 11.3 Å². The average molecular weight is 318 g/mol. The van der Waals surface area contributed by atoms with Gasteiger partial charge in [0, 0.05) is 32.4 Å². The molecule has 2 rings (SSSR count). The molecule has 1 atom stereocenters. The summed E-state index contributed by atoms with van der Waals surface area (Å²) in [5, 5.41) is 9.68. The predicted octanol–water partition coefficient (Wildman–Crippen LogP) is 0.878. The molecule has 0 aromatic carbocycles. The zero-order valence-electron chi connectivity index (χ0n) is 11.3. The van der Waals surface area contributed by atoms with Crippen molar-refractivity contribution in [1.82, 2.24) is 4.90 Å². The van der Waals surface area contributed by atoms with E-state index in [0.717, 1.165) is 49.2 Å². The lowest BCUT2D eigenvalue weighted by Crippen LogP contribution is -2.41. The Labute approximate surface area is 124 Å². The lowest BCUT2D eigenvalue weighted by Gasteiger charge is -2.29. The van der Waals surface area contributed by atoms with Gasteiger partial charge < -0.3 is 9.84 Å². The van der Waals surface area contributed by atoms with Crippen LogP contribution in [0.4, 0.5) is 5.00 Å². The normalized spacial score (nSPS) is 17.9. The third kappa shape index (κ3) is 4.02. The monoisotopic (exact) mass is 318 g/mol. The average Bonchev–Trinajstić information content (AvgIpc) is 2.89. The SMILES string of the molecule is CS(=O)N(CCN1CCOCC1)c1ccc(C(=O)O)s1. The van der Waals surface area contributed by atoms with Crippen LogP contribution in [0.2, 0.25) is 0 Å². The van der Waals surface area contributed by atoms with Crippen LogP contribution >= 0.6 is 11.3 Å². The summed E-state index contributed by atoms with van der Waals surface area (Å²) in [5.74, 6) is -0.948. The summed E-state index contributed by atoms with van der Waals surface area (Å²) in [6, 6.07) is 3.27. The maximum absolute atomic E-state index is 11.8. The highest BCUT2D eigenvalue weighted by Gasteiger charge is 2.17. The van der Waals surface area contributed by atoms with Gasteiger partial charge in [0.05, 0.1) is 13.2 Å². The van der Waals surface area contributed by atoms with E-state index in [1.807, 2.05) is 0 Å². The van der Waals surface area contributed by atoms with E-state index in [4.69, 9.17) is 9.84 Å². The number of hydrogen-bond donors (Lipinski definition) is 1. The van der Waals surface area contributed by atoms with Crippen LogP contribution < -0.4 is 4.31 Å². The molecule has 0 aliphatic carbocycles. The number of carboxylic acids is 1. The van der Waals surface area contributed by atoms with Gasteiger partial charge in [-0.3, -0.25) is 9.21 Å². The number of carbonyl (C=O) groups is 1. The molecule has 20 heavy (non-hydrogen) atoms. The number of thiophene rings is 1. The largest absolute Gasteiger partial charge is 0.477 e. The van der Waals surface area contributed by atoms with Crippen LogP contribution in [0.1, 0.15) is 9.67 Å². The number of carboxylic acid groups (broad SMARTS) is 1. The Bertz CT molecular complexity index is 486. The number of rotatable bonds is 6. The van der Waals surface area contributed by atoms with E-state index < -0.39 is 17.0 Å². The van der Waals surface area contributed by atoms with Crippen molar-refractivity contribution < 1.29 is 18.8 Å². The summed E-state index contributed by atoms with van der Waals surface area (Å²) in [6.07, 6.45) is 1.61. The summed E-state index contributed by atoms with van der Waals surface area (Å²) in [6.45, 7) is 4.64. The van der Waals surface area contributed by atoms with Crippen LogP contribution in [0.3, 0.4) is 0 Å². The van der Waals surface area contributed by atoms with Gasteiger partial charge in [0.15, 0.2) is 0 Å². The summed E-state index contributed by atoms with van der Waals surface area (Å²) in [7, 11) is -1.17. The molecule has 1 aromatic heterocycles. The van der Waals surface area contributed by atoms with Gasteiger partial charge in [-0.2, -0.15) is 0 Å². The second kappa shape index (κ2) is 7.16. The maximum atomic E-state index is 11.8. The van der Waals surface area contributed by atoms with Crippen molar-refractivity contribution in [2.75, 3.05) is 50.0 Å². The topological polar surface area (TPSA) is 70.1 Å². The van der Waals surface area contributed by atoms with E-state index in [9.17, 15) is 9.00 Å². The van der Waals surface area contributed by atoms with E-state index in [2.05, 4.69) is 4.90 Å². The van der Waals surface area contributed by atoms with Crippen molar-refractivity contribution in [2.45, 2.75) is 0 Å². The van der Waals surface area contributed by atoms with Crippen molar-refractivity contribution in [3.63, 3.8) is 0 Å². The van der Waals surface area contributed by atoms with Crippen molar-refractivity contribution >= 4 is 33.3 Å². The van der Waals surface area contributed by atoms with Crippen LogP contribution in [-0.4, -0.2) is 65.8 Å². The molecular formula is C12H18N2O4S2. The number of hydrogen-bond acceptors (Lipinski definition) is 5. The van der Waals surface area contributed by atoms with Gasteiger partial charge in [-0.1, -0.05) is 0 Å². The Morgan fingerprint density at radius 1 is 1.50 bits per heavy atom. The van der Waals surface area contributed by atoms with Gasteiger partial charge in [-0.25, -0.2) is 9.00 Å². The van der Waals surface area contributed by atoms with Crippen LogP contribution in [0.5, 0.6) is 0 Å². The zero-order valence-corrected chi connectivity index (χ0v) is 12.9. The van der Waals surface area contributed by atoms with Crippen LogP contribution in [0, 0.1) is 0 Å². The Balaban J connectivity index is 1.98. The molecular weight excluding hydrogens is 300 g/mol. The van der Waals surface area contributed by atoms with E-state index in [1.54, 1.807) is 22.7 Å². The minimum Gasteiger partial charge on any atom is -0.477 e. The lowest BCUT2D eigenvalue weighted by molar-refractivity contribution is 0.0395. The standard InChI is InChI=1S/C12H18N2O4S2/c1-20(17)14(5-4-13-6-8-18-9-7-13)11-3-2-10(19-11)12(15)16/h2-3H,4-9H2,1H3,(H,15,16). The second-order valence-corrected chi connectivity index (χ2v) is 6.77. The van der Waals surface area contributed by atoms with Crippen molar-refractivity contribution in [3.8, 4) is 0 Å². The molecule has 0 saturated carbocycles. The molecule has 6 nitrogen and oxygen atoms in total. The fourth-order valence-corrected chi connectivity index (χ4v) is 3.86. The van der Waals surface area contributed by atoms with E-state index in [1.165, 1.54) is 0 Å². The van der Waals surface area contributed by atoms with E-state index in [0.29, 0.717) is 6.54 Å². The van der Waals surface area contributed by atoms with Gasteiger partial charge in [0.2, 0.25) is 0 Å². The molecule has 8 heteroatoms. The minimum absolute atomic E-state index is 0.266. The summed E-state index contributed by atoms with van der Waals surface area (Å²) in [5.41, 5.74) is 0. The van der Waals surface area contributed by atoms with Crippen molar-refractivity contribution in [3.05, 3.63) is 17.0 Å². The first kappa shape index (κ1) is 15.4. The highest BCUT2D eigenvalue weighted by molar-refractivity contribution is 7.86. The predicted molar refractivity (Wildman–Crippen MR) is 79.9 cm³/mol. The van der Waals surface area contributed by atoms with Gasteiger partial charge >= 0.3 is 5.97 Å². The summed E-state index contributed by atoms with van der Waals surface area (Å²) >= 11 is 1.15. The summed E-state index contributed by atoms with van der Waals surface area (Å²) in [4.78, 5) is 13.4. The highest BCUT2D eigenvalue weighted by atomic mass is 32.2. The molecule has 1 aromatic rings. The van der Waals surface area contributed by atoms with E-state index >= 15 is 0 Å². The molecule has 1 unspecified atom stereocenters. The van der Waals surface area contributed by atoms with Crippen LogP contribution in [0.25, 0.3) is 0 Å². The minimum atomic E-state index is -1.17. The Kier molecular flexibility index (Phi) is 5.53. The first-order valence-corrected chi connectivity index (χ1v) is 8.65. The molecule has 112 valence electrons. The third-order valence-electron chi connectivity index (χ3n) is 3.08. The quantitative estimate of drug-likeness (QED) is 0.843. The number of anilines is 1.